The topological polar surface area (TPSA) is 38.0 Å². The first kappa shape index (κ1) is 11.6. The Morgan fingerprint density at radius 1 is 1.31 bits per heavy atom. The zero-order valence-corrected chi connectivity index (χ0v) is 9.45. The van der Waals surface area contributed by atoms with E-state index in [4.69, 9.17) is 5.73 Å². The molecular formula is C13H19FN2. The fourth-order valence-electron chi connectivity index (χ4n) is 2.38. The van der Waals surface area contributed by atoms with Gasteiger partial charge >= 0.3 is 0 Å². The van der Waals surface area contributed by atoms with Gasteiger partial charge in [-0.3, -0.25) is 0 Å². The van der Waals surface area contributed by atoms with Gasteiger partial charge in [0.1, 0.15) is 6.17 Å². The molecule has 0 bridgehead atoms. The summed E-state index contributed by atoms with van der Waals surface area (Å²) in [5.41, 5.74) is 7.37. The van der Waals surface area contributed by atoms with Gasteiger partial charge in [0, 0.05) is 6.54 Å². The second kappa shape index (κ2) is 5.41. The van der Waals surface area contributed by atoms with Gasteiger partial charge in [-0.15, -0.1) is 0 Å². The second-order valence-electron chi connectivity index (χ2n) is 4.39. The first-order chi connectivity index (χ1) is 7.83. The van der Waals surface area contributed by atoms with Gasteiger partial charge in [0.15, 0.2) is 0 Å². The molecule has 2 nitrogen and oxygen atoms in total. The largest absolute Gasteiger partial charge is 0.326 e. The number of hydrogen-bond donors (Lipinski definition) is 2. The molecule has 2 rings (SSSR count). The number of nitrogens with two attached hydrogens (primary N) is 1. The van der Waals surface area contributed by atoms with Crippen LogP contribution in [0.4, 0.5) is 4.39 Å². The third-order valence-electron chi connectivity index (χ3n) is 3.37. The Kier molecular flexibility index (Phi) is 3.91. The van der Waals surface area contributed by atoms with Crippen LogP contribution in [0.25, 0.3) is 0 Å². The summed E-state index contributed by atoms with van der Waals surface area (Å²) in [7, 11) is 0. The quantitative estimate of drug-likeness (QED) is 0.822. The molecule has 1 fully saturated rings. The minimum absolute atomic E-state index is 0.147. The van der Waals surface area contributed by atoms with Gasteiger partial charge in [0.2, 0.25) is 0 Å². The molecule has 0 spiro atoms. The summed E-state index contributed by atoms with van der Waals surface area (Å²) in [6.45, 7) is 2.27. The minimum atomic E-state index is -0.859. The maximum absolute atomic E-state index is 14.4. The van der Waals surface area contributed by atoms with E-state index in [1.807, 2.05) is 24.3 Å². The molecule has 1 aromatic rings. The Labute approximate surface area is 96.0 Å². The summed E-state index contributed by atoms with van der Waals surface area (Å²) < 4.78 is 14.4. The van der Waals surface area contributed by atoms with Crippen LogP contribution < -0.4 is 11.1 Å². The summed E-state index contributed by atoms with van der Waals surface area (Å²) in [5.74, 6) is 0.147. The molecule has 0 aromatic heterocycles. The average molecular weight is 222 g/mol. The molecule has 1 saturated heterocycles. The van der Waals surface area contributed by atoms with E-state index in [1.165, 1.54) is 0 Å². The normalized spacial score (nSPS) is 19.6. The zero-order valence-electron chi connectivity index (χ0n) is 9.45. The molecule has 1 unspecified atom stereocenters. The molecule has 3 heteroatoms. The van der Waals surface area contributed by atoms with Crippen molar-refractivity contribution in [2.45, 2.75) is 25.6 Å². The van der Waals surface area contributed by atoms with E-state index >= 15 is 0 Å². The van der Waals surface area contributed by atoms with E-state index in [2.05, 4.69) is 5.32 Å². The molecule has 1 heterocycles. The van der Waals surface area contributed by atoms with Crippen molar-refractivity contribution in [1.82, 2.24) is 5.32 Å². The number of nitrogens with one attached hydrogen (secondary N) is 1. The summed E-state index contributed by atoms with van der Waals surface area (Å²) in [4.78, 5) is 0. The van der Waals surface area contributed by atoms with Gasteiger partial charge in [-0.1, -0.05) is 24.3 Å². The molecule has 16 heavy (non-hydrogen) atoms. The molecule has 1 atom stereocenters. The van der Waals surface area contributed by atoms with Crippen molar-refractivity contribution < 1.29 is 4.39 Å². The van der Waals surface area contributed by atoms with Crippen molar-refractivity contribution in [2.24, 2.45) is 11.7 Å². The molecular weight excluding hydrogens is 203 g/mol. The summed E-state index contributed by atoms with van der Waals surface area (Å²) in [6.07, 6.45) is 0.974. The Hall–Kier alpha value is -0.930. The van der Waals surface area contributed by atoms with Crippen molar-refractivity contribution in [3.8, 4) is 0 Å². The van der Waals surface area contributed by atoms with Crippen LogP contribution in [-0.4, -0.2) is 13.1 Å². The first-order valence-corrected chi connectivity index (χ1v) is 5.95. The summed E-state index contributed by atoms with van der Waals surface area (Å²) >= 11 is 0. The lowest BCUT2D eigenvalue weighted by molar-refractivity contribution is 0.189. The van der Waals surface area contributed by atoms with Crippen molar-refractivity contribution >= 4 is 0 Å². The number of alkyl halides is 1. The minimum Gasteiger partial charge on any atom is -0.326 e. The van der Waals surface area contributed by atoms with E-state index in [-0.39, 0.29) is 5.92 Å². The fraction of sp³-hybridized carbons (Fsp3) is 0.538. The summed E-state index contributed by atoms with van der Waals surface area (Å²) in [5, 5.41) is 3.26. The van der Waals surface area contributed by atoms with Gasteiger partial charge in [-0.2, -0.15) is 0 Å². The second-order valence-corrected chi connectivity index (χ2v) is 4.39. The molecule has 3 N–H and O–H groups in total. The number of benzene rings is 1. The highest BCUT2D eigenvalue weighted by atomic mass is 19.1. The molecule has 1 aromatic carbocycles. The Balaban J connectivity index is 2.15. The fourth-order valence-corrected chi connectivity index (χ4v) is 2.38. The van der Waals surface area contributed by atoms with Gasteiger partial charge < -0.3 is 11.1 Å². The maximum atomic E-state index is 14.4. The lowest BCUT2D eigenvalue weighted by Gasteiger charge is -2.27. The molecule has 0 amide bonds. The lowest BCUT2D eigenvalue weighted by atomic mass is 9.87. The van der Waals surface area contributed by atoms with E-state index in [1.54, 1.807) is 0 Å². The van der Waals surface area contributed by atoms with Gasteiger partial charge in [-0.25, -0.2) is 4.39 Å². The number of rotatable bonds is 3. The Morgan fingerprint density at radius 3 is 2.69 bits per heavy atom. The van der Waals surface area contributed by atoms with Crippen LogP contribution in [0.15, 0.2) is 24.3 Å². The average Bonchev–Trinajstić information content (AvgIpc) is 2.39. The molecule has 88 valence electrons. The standard InChI is InChI=1S/C13H19FN2/c14-13(10-5-7-16-8-6-10)12-4-2-1-3-11(12)9-15/h1-4,10,13,16H,5-9,15H2. The first-order valence-electron chi connectivity index (χ1n) is 5.95. The van der Waals surface area contributed by atoms with Crippen LogP contribution in [-0.2, 0) is 6.54 Å². The molecule has 0 radical (unpaired) electrons. The van der Waals surface area contributed by atoms with Crippen LogP contribution in [0.2, 0.25) is 0 Å². The predicted octanol–water partition coefficient (Wildman–Crippen LogP) is 2.16. The lowest BCUT2D eigenvalue weighted by Crippen LogP contribution is -2.30. The van der Waals surface area contributed by atoms with E-state index < -0.39 is 6.17 Å². The van der Waals surface area contributed by atoms with Gasteiger partial charge in [0.05, 0.1) is 0 Å². The zero-order chi connectivity index (χ0) is 11.4. The van der Waals surface area contributed by atoms with Crippen molar-refractivity contribution in [3.63, 3.8) is 0 Å². The van der Waals surface area contributed by atoms with Gasteiger partial charge in [0.25, 0.3) is 0 Å². The molecule has 1 aliphatic rings. The highest BCUT2D eigenvalue weighted by molar-refractivity contribution is 5.29. The number of halogens is 1. The van der Waals surface area contributed by atoms with Crippen LogP contribution in [0.3, 0.4) is 0 Å². The SMILES string of the molecule is NCc1ccccc1C(F)C1CCNCC1. The highest BCUT2D eigenvalue weighted by Crippen LogP contribution is 2.33. The van der Waals surface area contributed by atoms with Crippen LogP contribution in [0, 0.1) is 5.92 Å². The van der Waals surface area contributed by atoms with E-state index in [0.717, 1.165) is 37.1 Å². The van der Waals surface area contributed by atoms with Crippen molar-refractivity contribution in [2.75, 3.05) is 13.1 Å². The smallest absolute Gasteiger partial charge is 0.128 e. The third-order valence-corrected chi connectivity index (χ3v) is 3.37. The summed E-state index contributed by atoms with van der Waals surface area (Å²) in [6, 6.07) is 7.60. The van der Waals surface area contributed by atoms with Crippen molar-refractivity contribution in [3.05, 3.63) is 35.4 Å². The van der Waals surface area contributed by atoms with E-state index in [0.29, 0.717) is 6.54 Å². The van der Waals surface area contributed by atoms with Crippen molar-refractivity contribution in [1.29, 1.82) is 0 Å². The van der Waals surface area contributed by atoms with Crippen LogP contribution >= 0.6 is 0 Å². The maximum Gasteiger partial charge on any atom is 0.128 e. The number of piperidine rings is 1. The van der Waals surface area contributed by atoms with Crippen LogP contribution in [0.5, 0.6) is 0 Å². The third kappa shape index (κ3) is 2.42. The molecule has 0 saturated carbocycles. The molecule has 0 aliphatic carbocycles. The van der Waals surface area contributed by atoms with Gasteiger partial charge in [-0.05, 0) is 43.0 Å². The Bertz CT molecular complexity index is 334. The molecule has 1 aliphatic heterocycles. The van der Waals surface area contributed by atoms with Crippen LogP contribution in [0.1, 0.15) is 30.1 Å². The highest BCUT2D eigenvalue weighted by Gasteiger charge is 2.25. The number of hydrogen-bond acceptors (Lipinski definition) is 2. The van der Waals surface area contributed by atoms with E-state index in [9.17, 15) is 4.39 Å². The monoisotopic (exact) mass is 222 g/mol. The Morgan fingerprint density at radius 2 is 2.00 bits per heavy atom. The predicted molar refractivity (Wildman–Crippen MR) is 63.8 cm³/mol.